The van der Waals surface area contributed by atoms with E-state index in [4.69, 9.17) is 0 Å². The summed E-state index contributed by atoms with van der Waals surface area (Å²) in [6.45, 7) is 1.51. The number of nitrogens with one attached hydrogen (secondary N) is 2. The number of hydrogen-bond acceptors (Lipinski definition) is 3. The van der Waals surface area contributed by atoms with Gasteiger partial charge in [-0.05, 0) is 45.1 Å². The van der Waals surface area contributed by atoms with Crippen LogP contribution in [0.2, 0.25) is 0 Å². The Hall–Kier alpha value is -0.390. The zero-order chi connectivity index (χ0) is 12.1. The lowest BCUT2D eigenvalue weighted by Gasteiger charge is -2.12. The summed E-state index contributed by atoms with van der Waals surface area (Å²) in [4.78, 5) is 0. The SMILES string of the molecule is O=S(=O)(CC1CCCN1)NCCC1=CCCC1. The molecular weight excluding hydrogens is 236 g/mol. The summed E-state index contributed by atoms with van der Waals surface area (Å²) in [5.74, 6) is 0.228. The average Bonchev–Trinajstić information content (AvgIpc) is 2.89. The molecule has 1 saturated heterocycles. The molecule has 0 radical (unpaired) electrons. The molecule has 0 saturated carbocycles. The van der Waals surface area contributed by atoms with Crippen LogP contribution in [-0.2, 0) is 10.0 Å². The maximum atomic E-state index is 11.8. The summed E-state index contributed by atoms with van der Waals surface area (Å²) < 4.78 is 26.3. The molecule has 2 rings (SSSR count). The van der Waals surface area contributed by atoms with Gasteiger partial charge in [0.05, 0.1) is 5.75 Å². The molecule has 0 amide bonds. The molecule has 0 aromatic rings. The lowest BCUT2D eigenvalue weighted by Crippen LogP contribution is -2.37. The van der Waals surface area contributed by atoms with E-state index in [0.717, 1.165) is 38.6 Å². The van der Waals surface area contributed by atoms with Crippen molar-refractivity contribution in [1.29, 1.82) is 0 Å². The molecular formula is C12H22N2O2S. The van der Waals surface area contributed by atoms with Crippen molar-refractivity contribution in [3.63, 3.8) is 0 Å². The van der Waals surface area contributed by atoms with Gasteiger partial charge in [-0.15, -0.1) is 0 Å². The van der Waals surface area contributed by atoms with Gasteiger partial charge in [0, 0.05) is 12.6 Å². The Morgan fingerprint density at radius 1 is 1.41 bits per heavy atom. The van der Waals surface area contributed by atoms with E-state index in [1.807, 2.05) is 0 Å². The molecule has 4 nitrogen and oxygen atoms in total. The van der Waals surface area contributed by atoms with Gasteiger partial charge in [0.25, 0.3) is 0 Å². The summed E-state index contributed by atoms with van der Waals surface area (Å²) >= 11 is 0. The summed E-state index contributed by atoms with van der Waals surface area (Å²) in [6, 6.07) is 0.151. The number of rotatable bonds is 6. The molecule has 2 aliphatic rings. The highest BCUT2D eigenvalue weighted by Crippen LogP contribution is 2.19. The molecule has 98 valence electrons. The first-order valence-electron chi connectivity index (χ1n) is 6.54. The third-order valence-electron chi connectivity index (χ3n) is 3.49. The first-order chi connectivity index (χ1) is 8.16. The van der Waals surface area contributed by atoms with Crippen LogP contribution < -0.4 is 10.0 Å². The van der Waals surface area contributed by atoms with Gasteiger partial charge in [-0.1, -0.05) is 11.6 Å². The molecule has 17 heavy (non-hydrogen) atoms. The Kier molecular flexibility index (Phi) is 4.59. The molecule has 1 aliphatic carbocycles. The van der Waals surface area contributed by atoms with Crippen LogP contribution in [0.25, 0.3) is 0 Å². The van der Waals surface area contributed by atoms with Gasteiger partial charge in [-0.25, -0.2) is 13.1 Å². The first-order valence-corrected chi connectivity index (χ1v) is 8.19. The Balaban J connectivity index is 1.69. The van der Waals surface area contributed by atoms with Crippen LogP contribution in [0.3, 0.4) is 0 Å². The van der Waals surface area contributed by atoms with Crippen molar-refractivity contribution in [1.82, 2.24) is 10.0 Å². The second-order valence-corrected chi connectivity index (χ2v) is 6.83. The van der Waals surface area contributed by atoms with Crippen LogP contribution in [0, 0.1) is 0 Å². The maximum absolute atomic E-state index is 11.8. The highest BCUT2D eigenvalue weighted by Gasteiger charge is 2.21. The Labute approximate surface area is 104 Å². The zero-order valence-electron chi connectivity index (χ0n) is 10.2. The first kappa shape index (κ1) is 13.1. The molecule has 1 heterocycles. The van der Waals surface area contributed by atoms with E-state index < -0.39 is 10.0 Å². The molecule has 0 spiro atoms. The van der Waals surface area contributed by atoms with Gasteiger partial charge >= 0.3 is 0 Å². The van der Waals surface area contributed by atoms with E-state index in [2.05, 4.69) is 16.1 Å². The maximum Gasteiger partial charge on any atom is 0.213 e. The van der Waals surface area contributed by atoms with Crippen molar-refractivity contribution in [2.24, 2.45) is 0 Å². The minimum Gasteiger partial charge on any atom is -0.313 e. The molecule has 1 aliphatic heterocycles. The molecule has 1 atom stereocenters. The molecule has 1 fully saturated rings. The van der Waals surface area contributed by atoms with E-state index in [-0.39, 0.29) is 11.8 Å². The molecule has 0 bridgehead atoms. The lowest BCUT2D eigenvalue weighted by molar-refractivity contribution is 0.563. The van der Waals surface area contributed by atoms with Crippen molar-refractivity contribution < 1.29 is 8.42 Å². The summed E-state index contributed by atoms with van der Waals surface area (Å²) in [6.07, 6.45) is 8.72. The smallest absolute Gasteiger partial charge is 0.213 e. The third-order valence-corrected chi connectivity index (χ3v) is 4.97. The second-order valence-electron chi connectivity index (χ2n) is 4.97. The Morgan fingerprint density at radius 2 is 2.29 bits per heavy atom. The van der Waals surface area contributed by atoms with E-state index >= 15 is 0 Å². The van der Waals surface area contributed by atoms with Crippen LogP contribution in [-0.4, -0.2) is 33.3 Å². The van der Waals surface area contributed by atoms with Crippen molar-refractivity contribution in [2.45, 2.75) is 44.6 Å². The summed E-state index contributed by atoms with van der Waals surface area (Å²) in [5.41, 5.74) is 1.41. The molecule has 5 heteroatoms. The van der Waals surface area contributed by atoms with E-state index in [1.54, 1.807) is 0 Å². The van der Waals surface area contributed by atoms with Gasteiger partial charge in [-0.2, -0.15) is 0 Å². The van der Waals surface area contributed by atoms with Crippen LogP contribution >= 0.6 is 0 Å². The fraction of sp³-hybridized carbons (Fsp3) is 0.833. The van der Waals surface area contributed by atoms with Crippen molar-refractivity contribution in [3.05, 3.63) is 11.6 Å². The van der Waals surface area contributed by atoms with Gasteiger partial charge in [-0.3, -0.25) is 0 Å². The quantitative estimate of drug-likeness (QED) is 0.703. The molecule has 0 aromatic carbocycles. The summed E-state index contributed by atoms with van der Waals surface area (Å²) in [5, 5.41) is 3.21. The molecule has 0 aromatic heterocycles. The Morgan fingerprint density at radius 3 is 2.94 bits per heavy atom. The number of sulfonamides is 1. The second kappa shape index (κ2) is 5.98. The van der Waals surface area contributed by atoms with Crippen molar-refractivity contribution >= 4 is 10.0 Å². The van der Waals surface area contributed by atoms with Crippen molar-refractivity contribution in [3.8, 4) is 0 Å². The zero-order valence-corrected chi connectivity index (χ0v) is 11.1. The lowest BCUT2D eigenvalue weighted by atomic mass is 10.2. The largest absolute Gasteiger partial charge is 0.313 e. The fourth-order valence-electron chi connectivity index (χ4n) is 2.55. The Bertz CT molecular complexity index is 370. The van der Waals surface area contributed by atoms with E-state index in [9.17, 15) is 8.42 Å². The standard InChI is InChI=1S/C12H22N2O2S/c15-17(16,10-12-6-3-8-13-12)14-9-7-11-4-1-2-5-11/h4,12-14H,1-3,5-10H2. The molecule has 1 unspecified atom stereocenters. The minimum atomic E-state index is -3.10. The summed E-state index contributed by atoms with van der Waals surface area (Å²) in [7, 11) is -3.10. The molecule has 2 N–H and O–H groups in total. The normalized spacial score (nSPS) is 25.2. The van der Waals surface area contributed by atoms with Crippen LogP contribution in [0.1, 0.15) is 38.5 Å². The topological polar surface area (TPSA) is 58.2 Å². The van der Waals surface area contributed by atoms with Crippen LogP contribution in [0.4, 0.5) is 0 Å². The van der Waals surface area contributed by atoms with E-state index in [1.165, 1.54) is 12.0 Å². The predicted molar refractivity (Wildman–Crippen MR) is 69.4 cm³/mol. The van der Waals surface area contributed by atoms with Gasteiger partial charge in [0.1, 0.15) is 0 Å². The fourth-order valence-corrected chi connectivity index (χ4v) is 3.90. The van der Waals surface area contributed by atoms with Crippen LogP contribution in [0.15, 0.2) is 11.6 Å². The highest BCUT2D eigenvalue weighted by molar-refractivity contribution is 7.89. The monoisotopic (exact) mass is 258 g/mol. The van der Waals surface area contributed by atoms with Crippen LogP contribution in [0.5, 0.6) is 0 Å². The number of hydrogen-bond donors (Lipinski definition) is 2. The predicted octanol–water partition coefficient (Wildman–Crippen LogP) is 1.16. The highest BCUT2D eigenvalue weighted by atomic mass is 32.2. The van der Waals surface area contributed by atoms with Gasteiger partial charge in [0.2, 0.25) is 10.0 Å². The minimum absolute atomic E-state index is 0.151. The van der Waals surface area contributed by atoms with E-state index in [0.29, 0.717) is 6.54 Å². The average molecular weight is 258 g/mol. The van der Waals surface area contributed by atoms with Gasteiger partial charge in [0.15, 0.2) is 0 Å². The third kappa shape index (κ3) is 4.41. The van der Waals surface area contributed by atoms with Gasteiger partial charge < -0.3 is 5.32 Å². The van der Waals surface area contributed by atoms with Crippen molar-refractivity contribution in [2.75, 3.05) is 18.8 Å². The number of allylic oxidation sites excluding steroid dienone is 1.